The fraction of sp³-hybridized carbons (Fsp3) is 0.133. The molecule has 1 heterocycles. The van der Waals surface area contributed by atoms with E-state index in [1.165, 1.54) is 43.4 Å². The van der Waals surface area contributed by atoms with Gasteiger partial charge >= 0.3 is 5.69 Å². The number of tetrazole rings is 1. The summed E-state index contributed by atoms with van der Waals surface area (Å²) in [5.74, 6) is -0.292. The number of phenols is 1. The highest BCUT2D eigenvalue weighted by Crippen LogP contribution is 2.29. The van der Waals surface area contributed by atoms with Crippen LogP contribution in [0.15, 0.2) is 41.2 Å². The van der Waals surface area contributed by atoms with Crippen molar-refractivity contribution < 1.29 is 14.2 Å². The lowest BCUT2D eigenvalue weighted by Crippen LogP contribution is -2.23. The molecule has 0 fully saturated rings. The number of aryl methyl sites for hydroxylation is 1. The van der Waals surface area contributed by atoms with Crippen LogP contribution in [0.1, 0.15) is 5.56 Å². The van der Waals surface area contributed by atoms with Gasteiger partial charge in [0, 0.05) is 13.1 Å². The molecule has 1 aromatic heterocycles. The second-order valence-corrected chi connectivity index (χ2v) is 5.34. The highest BCUT2D eigenvalue weighted by atomic mass is 35.5. The van der Waals surface area contributed by atoms with Crippen molar-refractivity contribution >= 4 is 11.6 Å². The smallest absolute Gasteiger partial charge is 0.368 e. The van der Waals surface area contributed by atoms with Gasteiger partial charge in [-0.25, -0.2) is 9.18 Å². The zero-order chi connectivity index (χ0) is 17.3. The van der Waals surface area contributed by atoms with Crippen molar-refractivity contribution in [3.8, 4) is 17.2 Å². The van der Waals surface area contributed by atoms with Crippen molar-refractivity contribution in [2.45, 2.75) is 6.61 Å². The Balaban J connectivity index is 1.96. The summed E-state index contributed by atoms with van der Waals surface area (Å²) in [6, 6.07) is 8.43. The van der Waals surface area contributed by atoms with Gasteiger partial charge in [0.25, 0.3) is 0 Å². The highest BCUT2D eigenvalue weighted by molar-refractivity contribution is 6.32. The lowest BCUT2D eigenvalue weighted by molar-refractivity contribution is 0.298. The van der Waals surface area contributed by atoms with Gasteiger partial charge in [0.1, 0.15) is 23.9 Å². The maximum atomic E-state index is 14.2. The first-order chi connectivity index (χ1) is 11.5. The van der Waals surface area contributed by atoms with Crippen molar-refractivity contribution in [2.75, 3.05) is 0 Å². The molecule has 0 aliphatic rings. The number of phenolic OH excluding ortho intramolecular Hbond substituents is 1. The van der Waals surface area contributed by atoms with E-state index < -0.39 is 11.5 Å². The molecule has 24 heavy (non-hydrogen) atoms. The second-order valence-electron chi connectivity index (χ2n) is 4.94. The van der Waals surface area contributed by atoms with Crippen LogP contribution in [-0.2, 0) is 13.7 Å². The summed E-state index contributed by atoms with van der Waals surface area (Å²) in [6.07, 6.45) is 0. The summed E-state index contributed by atoms with van der Waals surface area (Å²) < 4.78 is 21.8. The maximum absolute atomic E-state index is 14.2. The van der Waals surface area contributed by atoms with E-state index in [9.17, 15) is 14.3 Å². The molecule has 2 aromatic carbocycles. The summed E-state index contributed by atoms with van der Waals surface area (Å²) in [5, 5.41) is 16.8. The van der Waals surface area contributed by atoms with Crippen LogP contribution in [0.2, 0.25) is 5.02 Å². The molecule has 0 saturated carbocycles. The first-order valence-electron chi connectivity index (χ1n) is 6.85. The third-order valence-electron chi connectivity index (χ3n) is 3.33. The fourth-order valence-electron chi connectivity index (χ4n) is 2.11. The van der Waals surface area contributed by atoms with Crippen LogP contribution in [0.4, 0.5) is 4.39 Å². The standard InChI is InChI=1S/C15H12ClFN4O3/c1-20-15(23)21(19-18-20)13-4-2-3-12(17)10(13)8-24-14-6-5-9(22)7-11(14)16/h2-7,22H,8H2,1H3. The third-order valence-corrected chi connectivity index (χ3v) is 3.63. The van der Waals surface area contributed by atoms with Gasteiger partial charge in [-0.1, -0.05) is 17.7 Å². The van der Waals surface area contributed by atoms with Crippen LogP contribution >= 0.6 is 11.6 Å². The lowest BCUT2D eigenvalue weighted by Gasteiger charge is -2.12. The molecule has 124 valence electrons. The minimum atomic E-state index is -0.556. The number of aromatic hydroxyl groups is 1. The second kappa shape index (κ2) is 6.32. The lowest BCUT2D eigenvalue weighted by atomic mass is 10.1. The number of nitrogens with zero attached hydrogens (tertiary/aromatic N) is 4. The van der Waals surface area contributed by atoms with Gasteiger partial charge in [0.2, 0.25) is 0 Å². The van der Waals surface area contributed by atoms with Crippen LogP contribution in [-0.4, -0.2) is 24.9 Å². The Labute approximate surface area is 140 Å². The Morgan fingerprint density at radius 1 is 1.29 bits per heavy atom. The zero-order valence-corrected chi connectivity index (χ0v) is 13.2. The first-order valence-corrected chi connectivity index (χ1v) is 7.23. The Bertz CT molecular complexity index is 954. The molecule has 0 saturated heterocycles. The SMILES string of the molecule is Cn1nnn(-c2cccc(F)c2COc2ccc(O)cc2Cl)c1=O. The number of benzene rings is 2. The fourth-order valence-corrected chi connectivity index (χ4v) is 2.34. The van der Waals surface area contributed by atoms with Crippen molar-refractivity contribution in [3.63, 3.8) is 0 Å². The maximum Gasteiger partial charge on any atom is 0.368 e. The molecule has 1 N–H and O–H groups in total. The van der Waals surface area contributed by atoms with Crippen molar-refractivity contribution in [1.29, 1.82) is 0 Å². The molecule has 0 aliphatic carbocycles. The molecule has 0 atom stereocenters. The van der Waals surface area contributed by atoms with Gasteiger partial charge in [-0.2, -0.15) is 9.36 Å². The quantitative estimate of drug-likeness (QED) is 0.778. The Morgan fingerprint density at radius 2 is 2.08 bits per heavy atom. The molecule has 0 radical (unpaired) electrons. The molecule has 3 rings (SSSR count). The van der Waals surface area contributed by atoms with E-state index in [4.69, 9.17) is 16.3 Å². The predicted molar refractivity (Wildman–Crippen MR) is 84.0 cm³/mol. The molecule has 0 amide bonds. The molecule has 0 bridgehead atoms. The van der Waals surface area contributed by atoms with Gasteiger partial charge in [0.05, 0.1) is 16.3 Å². The van der Waals surface area contributed by atoms with E-state index in [-0.39, 0.29) is 34.4 Å². The van der Waals surface area contributed by atoms with Crippen molar-refractivity contribution in [3.05, 3.63) is 63.3 Å². The molecular formula is C15H12ClFN4O3. The molecule has 7 nitrogen and oxygen atoms in total. The number of ether oxygens (including phenoxy) is 1. The molecule has 0 spiro atoms. The van der Waals surface area contributed by atoms with Gasteiger partial charge in [-0.15, -0.1) is 0 Å². The molecule has 0 unspecified atom stereocenters. The van der Waals surface area contributed by atoms with Crippen molar-refractivity contribution in [1.82, 2.24) is 19.8 Å². The van der Waals surface area contributed by atoms with Crippen LogP contribution in [0.3, 0.4) is 0 Å². The third kappa shape index (κ3) is 2.95. The van der Waals surface area contributed by atoms with E-state index >= 15 is 0 Å². The molecule has 0 aliphatic heterocycles. The van der Waals surface area contributed by atoms with Crippen molar-refractivity contribution in [2.24, 2.45) is 7.05 Å². The molecule has 9 heteroatoms. The summed E-state index contributed by atoms with van der Waals surface area (Å²) in [7, 11) is 1.44. The van der Waals surface area contributed by atoms with Crippen LogP contribution in [0, 0.1) is 5.82 Å². The number of hydrogen-bond donors (Lipinski definition) is 1. The Kier molecular flexibility index (Phi) is 4.22. The topological polar surface area (TPSA) is 82.2 Å². The van der Waals surface area contributed by atoms with E-state index in [2.05, 4.69) is 10.4 Å². The average Bonchev–Trinajstić information content (AvgIpc) is 2.87. The van der Waals surface area contributed by atoms with E-state index in [1.54, 1.807) is 0 Å². The van der Waals surface area contributed by atoms with Gasteiger partial charge < -0.3 is 9.84 Å². The normalized spacial score (nSPS) is 10.8. The summed E-state index contributed by atoms with van der Waals surface area (Å²) in [6.45, 7) is -0.185. The van der Waals surface area contributed by atoms with E-state index in [0.717, 1.165) is 9.36 Å². The van der Waals surface area contributed by atoms with E-state index in [0.29, 0.717) is 0 Å². The van der Waals surface area contributed by atoms with Crippen LogP contribution in [0.5, 0.6) is 11.5 Å². The average molecular weight is 351 g/mol. The van der Waals surface area contributed by atoms with E-state index in [1.807, 2.05) is 0 Å². The van der Waals surface area contributed by atoms with Gasteiger partial charge in [-0.3, -0.25) is 0 Å². The minimum absolute atomic E-state index is 0.00922. The summed E-state index contributed by atoms with van der Waals surface area (Å²) >= 11 is 5.96. The van der Waals surface area contributed by atoms with Gasteiger partial charge in [0.15, 0.2) is 0 Å². The molecular weight excluding hydrogens is 339 g/mol. The Morgan fingerprint density at radius 3 is 2.75 bits per heavy atom. The largest absolute Gasteiger partial charge is 0.508 e. The minimum Gasteiger partial charge on any atom is -0.508 e. The van der Waals surface area contributed by atoms with Crippen LogP contribution in [0.25, 0.3) is 5.69 Å². The number of hydrogen-bond acceptors (Lipinski definition) is 5. The number of rotatable bonds is 4. The highest BCUT2D eigenvalue weighted by Gasteiger charge is 2.16. The first kappa shape index (κ1) is 16.0. The van der Waals surface area contributed by atoms with Gasteiger partial charge in [-0.05, 0) is 34.7 Å². The molecule has 3 aromatic rings. The summed E-state index contributed by atoms with van der Waals surface area (Å²) in [5.41, 5.74) is -0.156. The number of halogens is 2. The predicted octanol–water partition coefficient (Wildman–Crippen LogP) is 2.04. The number of aromatic nitrogens is 4. The van der Waals surface area contributed by atoms with Crippen LogP contribution < -0.4 is 10.4 Å². The Hall–Kier alpha value is -2.87. The zero-order valence-electron chi connectivity index (χ0n) is 12.5. The monoisotopic (exact) mass is 350 g/mol. The summed E-state index contributed by atoms with van der Waals surface area (Å²) in [4.78, 5) is 12.0.